The lowest BCUT2D eigenvalue weighted by Gasteiger charge is -2.37. The minimum Gasteiger partial charge on any atom is -0.480 e. The van der Waals surface area contributed by atoms with Crippen molar-refractivity contribution in [3.05, 3.63) is 0 Å². The Morgan fingerprint density at radius 2 is 1.60 bits per heavy atom. The molecule has 2 aliphatic rings. The predicted molar refractivity (Wildman–Crippen MR) is 75.5 cm³/mol. The average Bonchev–Trinajstić information content (AvgIpc) is 2.48. The Balaban J connectivity index is 1.73. The second-order valence-corrected chi connectivity index (χ2v) is 5.77. The van der Waals surface area contributed by atoms with Crippen molar-refractivity contribution in [3.8, 4) is 0 Å². The maximum Gasteiger partial charge on any atom is 0.320 e. The molecule has 2 rings (SSSR count). The molecule has 0 saturated carbocycles. The Bertz CT molecular complexity index is 348. The van der Waals surface area contributed by atoms with Crippen molar-refractivity contribution in [2.45, 2.75) is 32.2 Å². The fourth-order valence-electron chi connectivity index (χ4n) is 2.90. The molecule has 6 heteroatoms. The summed E-state index contributed by atoms with van der Waals surface area (Å²) in [5, 5.41) is 9.00. The van der Waals surface area contributed by atoms with E-state index in [0.29, 0.717) is 6.54 Å². The van der Waals surface area contributed by atoms with E-state index in [9.17, 15) is 9.59 Å². The summed E-state index contributed by atoms with van der Waals surface area (Å²) in [6.45, 7) is 6.99. The van der Waals surface area contributed by atoms with Gasteiger partial charge in [-0.3, -0.25) is 19.4 Å². The first kappa shape index (κ1) is 15.3. The monoisotopic (exact) mass is 283 g/mol. The Kier molecular flexibility index (Phi) is 5.37. The number of carbonyl (C=O) groups excluding carboxylic acids is 1. The maximum absolute atomic E-state index is 12.2. The zero-order valence-electron chi connectivity index (χ0n) is 12.3. The van der Waals surface area contributed by atoms with Gasteiger partial charge in [-0.25, -0.2) is 0 Å². The molecule has 2 heterocycles. The van der Waals surface area contributed by atoms with Crippen molar-refractivity contribution in [1.82, 2.24) is 14.7 Å². The molecule has 0 spiro atoms. The van der Waals surface area contributed by atoms with Gasteiger partial charge in [0, 0.05) is 39.3 Å². The molecule has 114 valence electrons. The second kappa shape index (κ2) is 7.04. The molecule has 1 amide bonds. The van der Waals surface area contributed by atoms with Crippen LogP contribution in [0.3, 0.4) is 0 Å². The molecule has 2 fully saturated rings. The number of likely N-dealkylation sites (tertiary alicyclic amines) is 1. The van der Waals surface area contributed by atoms with Crippen molar-refractivity contribution in [1.29, 1.82) is 0 Å². The summed E-state index contributed by atoms with van der Waals surface area (Å²) in [6, 6.07) is -0.435. The second-order valence-electron chi connectivity index (χ2n) is 5.77. The number of carboxylic acid groups (broad SMARTS) is 1. The molecule has 0 radical (unpaired) electrons. The molecule has 6 nitrogen and oxygen atoms in total. The van der Waals surface area contributed by atoms with E-state index in [1.807, 2.05) is 9.80 Å². The van der Waals surface area contributed by atoms with Crippen molar-refractivity contribution < 1.29 is 14.7 Å². The molecule has 0 aromatic rings. The van der Waals surface area contributed by atoms with Gasteiger partial charge in [-0.1, -0.05) is 0 Å². The van der Waals surface area contributed by atoms with Gasteiger partial charge in [0.05, 0.1) is 6.54 Å². The number of aliphatic carboxylic acids is 1. The topological polar surface area (TPSA) is 64.1 Å². The Hall–Kier alpha value is -1.14. The zero-order valence-corrected chi connectivity index (χ0v) is 12.3. The molecular formula is C14H25N3O3. The Morgan fingerprint density at radius 3 is 2.15 bits per heavy atom. The molecule has 0 bridgehead atoms. The quantitative estimate of drug-likeness (QED) is 0.792. The third-order valence-corrected chi connectivity index (χ3v) is 4.38. The third-order valence-electron chi connectivity index (χ3n) is 4.38. The van der Waals surface area contributed by atoms with E-state index in [1.54, 1.807) is 6.92 Å². The maximum atomic E-state index is 12.2. The van der Waals surface area contributed by atoms with Gasteiger partial charge in [-0.05, 0) is 26.2 Å². The Morgan fingerprint density at radius 1 is 1.00 bits per heavy atom. The molecular weight excluding hydrogens is 258 g/mol. The molecule has 1 atom stereocenters. The number of nitrogens with zero attached hydrogens (tertiary/aromatic N) is 3. The summed E-state index contributed by atoms with van der Waals surface area (Å²) in [4.78, 5) is 29.2. The van der Waals surface area contributed by atoms with Crippen LogP contribution in [0.1, 0.15) is 26.2 Å². The molecule has 0 aliphatic carbocycles. The van der Waals surface area contributed by atoms with Gasteiger partial charge < -0.3 is 10.0 Å². The highest BCUT2D eigenvalue weighted by atomic mass is 16.4. The van der Waals surface area contributed by atoms with Gasteiger partial charge >= 0.3 is 5.97 Å². The summed E-state index contributed by atoms with van der Waals surface area (Å²) < 4.78 is 0. The van der Waals surface area contributed by atoms with Crippen LogP contribution >= 0.6 is 0 Å². The standard InChI is InChI=1S/C14H25N3O3/c1-12(14(19)20)16-9-7-15(8-10-16)11-13(18)17-5-3-2-4-6-17/h12H,2-11H2,1H3,(H,19,20). The van der Waals surface area contributed by atoms with Crippen LogP contribution in [-0.2, 0) is 9.59 Å². The van der Waals surface area contributed by atoms with Gasteiger partial charge in [0.1, 0.15) is 6.04 Å². The lowest BCUT2D eigenvalue weighted by Crippen LogP contribution is -2.54. The summed E-state index contributed by atoms with van der Waals surface area (Å²) in [6.07, 6.45) is 3.47. The predicted octanol–water partition coefficient (Wildman–Crippen LogP) is 0.0896. The van der Waals surface area contributed by atoms with Crippen molar-refractivity contribution >= 4 is 11.9 Å². The number of carbonyl (C=O) groups is 2. The highest BCUT2D eigenvalue weighted by Gasteiger charge is 2.27. The van der Waals surface area contributed by atoms with Crippen molar-refractivity contribution in [2.75, 3.05) is 45.8 Å². The van der Waals surface area contributed by atoms with Crippen LogP contribution in [-0.4, -0.2) is 83.5 Å². The highest BCUT2D eigenvalue weighted by Crippen LogP contribution is 2.11. The van der Waals surface area contributed by atoms with E-state index in [4.69, 9.17) is 5.11 Å². The van der Waals surface area contributed by atoms with Crippen LogP contribution in [0.2, 0.25) is 0 Å². The SMILES string of the molecule is CC(C(=O)O)N1CCN(CC(=O)N2CCCCC2)CC1. The lowest BCUT2D eigenvalue weighted by atomic mass is 10.1. The summed E-state index contributed by atoms with van der Waals surface area (Å²) in [5.74, 6) is -0.549. The molecule has 1 unspecified atom stereocenters. The number of amides is 1. The largest absolute Gasteiger partial charge is 0.480 e. The van der Waals surface area contributed by atoms with Gasteiger partial charge in [0.2, 0.25) is 5.91 Å². The van der Waals surface area contributed by atoms with E-state index in [1.165, 1.54) is 6.42 Å². The van der Waals surface area contributed by atoms with E-state index in [2.05, 4.69) is 4.90 Å². The van der Waals surface area contributed by atoms with E-state index < -0.39 is 12.0 Å². The third kappa shape index (κ3) is 3.93. The average molecular weight is 283 g/mol. The highest BCUT2D eigenvalue weighted by molar-refractivity contribution is 5.78. The van der Waals surface area contributed by atoms with Crippen LogP contribution in [0, 0.1) is 0 Å². The molecule has 2 saturated heterocycles. The van der Waals surface area contributed by atoms with Gasteiger partial charge in [-0.2, -0.15) is 0 Å². The zero-order chi connectivity index (χ0) is 14.5. The van der Waals surface area contributed by atoms with Crippen LogP contribution in [0.15, 0.2) is 0 Å². The molecule has 2 aliphatic heterocycles. The number of piperazine rings is 1. The Labute approximate surface area is 120 Å². The molecule has 0 aromatic carbocycles. The summed E-state index contributed by atoms with van der Waals surface area (Å²) >= 11 is 0. The fourth-order valence-corrected chi connectivity index (χ4v) is 2.90. The summed E-state index contributed by atoms with van der Waals surface area (Å²) in [5.41, 5.74) is 0. The van der Waals surface area contributed by atoms with Crippen LogP contribution < -0.4 is 0 Å². The number of carboxylic acids is 1. The van der Waals surface area contributed by atoms with Crippen LogP contribution in [0.4, 0.5) is 0 Å². The van der Waals surface area contributed by atoms with Crippen molar-refractivity contribution in [2.24, 2.45) is 0 Å². The van der Waals surface area contributed by atoms with E-state index >= 15 is 0 Å². The van der Waals surface area contributed by atoms with Gasteiger partial charge in [0.15, 0.2) is 0 Å². The minimum atomic E-state index is -0.775. The lowest BCUT2D eigenvalue weighted by molar-refractivity contribution is -0.144. The first-order valence-electron chi connectivity index (χ1n) is 7.55. The van der Waals surface area contributed by atoms with E-state index in [0.717, 1.165) is 52.1 Å². The van der Waals surface area contributed by atoms with Gasteiger partial charge in [-0.15, -0.1) is 0 Å². The fraction of sp³-hybridized carbons (Fsp3) is 0.857. The van der Waals surface area contributed by atoms with Crippen molar-refractivity contribution in [3.63, 3.8) is 0 Å². The first-order valence-corrected chi connectivity index (χ1v) is 7.55. The number of hydrogen-bond acceptors (Lipinski definition) is 4. The van der Waals surface area contributed by atoms with Crippen LogP contribution in [0.25, 0.3) is 0 Å². The van der Waals surface area contributed by atoms with Gasteiger partial charge in [0.25, 0.3) is 0 Å². The normalized spacial score (nSPS) is 23.6. The number of rotatable bonds is 4. The van der Waals surface area contributed by atoms with Crippen LogP contribution in [0.5, 0.6) is 0 Å². The number of hydrogen-bond donors (Lipinski definition) is 1. The summed E-state index contributed by atoms with van der Waals surface area (Å²) in [7, 11) is 0. The molecule has 0 aromatic heterocycles. The molecule has 1 N–H and O–H groups in total. The smallest absolute Gasteiger partial charge is 0.320 e. The molecule has 20 heavy (non-hydrogen) atoms. The first-order chi connectivity index (χ1) is 9.58. The van der Waals surface area contributed by atoms with E-state index in [-0.39, 0.29) is 5.91 Å². The number of piperidine rings is 1. The minimum absolute atomic E-state index is 0.226.